The van der Waals surface area contributed by atoms with Crippen LogP contribution in [0.1, 0.15) is 99.8 Å². The van der Waals surface area contributed by atoms with Crippen LogP contribution in [0.4, 0.5) is 4.79 Å². The first-order chi connectivity index (χ1) is 23.1. The van der Waals surface area contributed by atoms with Crippen LogP contribution in [0.15, 0.2) is 18.5 Å². The summed E-state index contributed by atoms with van der Waals surface area (Å²) in [6, 6.07) is 1.96. The molecule has 2 spiro atoms. The maximum atomic E-state index is 13.2. The van der Waals surface area contributed by atoms with E-state index in [1.807, 2.05) is 4.90 Å². The molecule has 10 nitrogen and oxygen atoms in total. The number of ether oxygens (including phenoxy) is 4. The normalized spacial score (nSPS) is 47.4. The Morgan fingerprint density at radius 3 is 2.39 bits per heavy atom. The van der Waals surface area contributed by atoms with Gasteiger partial charge in [0.2, 0.25) is 0 Å². The Labute approximate surface area is 292 Å². The number of morpholine rings is 1. The minimum absolute atomic E-state index is 0.0674. The number of aliphatic hydroxyl groups is 2. The van der Waals surface area contributed by atoms with Crippen molar-refractivity contribution in [3.05, 3.63) is 18.5 Å². The predicted octanol–water partition coefficient (Wildman–Crippen LogP) is 5.65. The van der Waals surface area contributed by atoms with Crippen LogP contribution in [-0.4, -0.2) is 93.6 Å². The monoisotopic (exact) mass is 681 g/mol. The zero-order chi connectivity index (χ0) is 34.8. The van der Waals surface area contributed by atoms with Crippen LogP contribution in [0.25, 0.3) is 0 Å². The number of aromatic nitrogens is 2. The summed E-state index contributed by atoms with van der Waals surface area (Å²) < 4.78 is 25.0. The average Bonchev–Trinajstić information content (AvgIpc) is 3.70. The summed E-state index contributed by atoms with van der Waals surface area (Å²) in [5, 5.41) is 24.0. The summed E-state index contributed by atoms with van der Waals surface area (Å²) in [6.45, 7) is 17.7. The van der Waals surface area contributed by atoms with E-state index >= 15 is 0 Å². The molecular weight excluding hydrogens is 622 g/mol. The van der Waals surface area contributed by atoms with Crippen LogP contribution in [-0.2, 0) is 14.2 Å². The third-order valence-electron chi connectivity index (χ3n) is 16.1. The molecule has 1 aromatic heterocycles. The fourth-order valence-electron chi connectivity index (χ4n) is 13.8. The summed E-state index contributed by atoms with van der Waals surface area (Å²) >= 11 is 0. The molecule has 2 aliphatic heterocycles. The highest BCUT2D eigenvalue weighted by atomic mass is 16.6. The van der Waals surface area contributed by atoms with Gasteiger partial charge >= 0.3 is 12.1 Å². The van der Waals surface area contributed by atoms with Gasteiger partial charge in [-0.3, -0.25) is 0 Å². The Morgan fingerprint density at radius 2 is 1.69 bits per heavy atom. The molecule has 1 aromatic rings. The molecule has 7 fully saturated rings. The molecule has 13 atom stereocenters. The highest BCUT2D eigenvalue weighted by Crippen LogP contribution is 2.89. The van der Waals surface area contributed by atoms with Crippen molar-refractivity contribution in [2.75, 3.05) is 26.3 Å². The van der Waals surface area contributed by atoms with Crippen molar-refractivity contribution < 1.29 is 34.0 Å². The zero-order valence-corrected chi connectivity index (χ0v) is 30.7. The lowest BCUT2D eigenvalue weighted by Gasteiger charge is -2.63. The molecule has 1 amide bonds. The molecule has 5 saturated carbocycles. The van der Waals surface area contributed by atoms with E-state index in [9.17, 15) is 15.0 Å². The van der Waals surface area contributed by atoms with Gasteiger partial charge in [0.05, 0.1) is 37.1 Å². The Hall–Kier alpha value is -2.01. The van der Waals surface area contributed by atoms with Crippen LogP contribution >= 0.6 is 0 Å². The van der Waals surface area contributed by atoms with Gasteiger partial charge in [0.15, 0.2) is 6.10 Å². The Bertz CT molecular complexity index is 1430. The molecule has 0 bridgehead atoms. The Kier molecular flexibility index (Phi) is 7.82. The third-order valence-corrected chi connectivity index (χ3v) is 16.1. The summed E-state index contributed by atoms with van der Waals surface area (Å²) in [7, 11) is 0. The number of hydrogen-bond donors (Lipinski definition) is 2. The number of rotatable bonds is 5. The van der Waals surface area contributed by atoms with E-state index in [1.165, 1.54) is 12.8 Å². The second-order valence-electron chi connectivity index (χ2n) is 18.7. The second-order valence-corrected chi connectivity index (χ2v) is 18.7. The molecule has 0 radical (unpaired) electrons. The summed E-state index contributed by atoms with van der Waals surface area (Å²) in [5.74, 6) is 1.40. The fourth-order valence-corrected chi connectivity index (χ4v) is 13.8. The van der Waals surface area contributed by atoms with Crippen LogP contribution in [0.2, 0.25) is 0 Å². The van der Waals surface area contributed by atoms with Crippen LogP contribution in [0.3, 0.4) is 0 Å². The van der Waals surface area contributed by atoms with Gasteiger partial charge in [0.1, 0.15) is 6.10 Å². The molecule has 0 aromatic carbocycles. The number of fused-ring (bicyclic) bond motifs is 4. The van der Waals surface area contributed by atoms with E-state index < -0.39 is 23.9 Å². The highest BCUT2D eigenvalue weighted by molar-refractivity contribution is 5.68. The molecule has 2 saturated heterocycles. The Balaban J connectivity index is 1.05. The average molecular weight is 682 g/mol. The maximum Gasteiger partial charge on any atom is 0.410 e. The van der Waals surface area contributed by atoms with E-state index in [4.69, 9.17) is 18.9 Å². The standard InChI is InChI=1S/C39H59N3O7/c1-23-21-24(31(35(4,5)45)49-32-40-15-8-16-41-32)47-29-28(23)36(6)13-14-39-22-38(39)12-11-27(48-33(44)42-17-19-46-20-18-42)34(2,3)25(38)9-10-26(39)37(36,7)30(29)43/h8,15-16,23-31,43,45H,9-14,17-22H2,1-7H3/t23-,24-,25+,26+,27+,28+,29+,30+,31+,36-,37-,38-,39+/m1/s1. The van der Waals surface area contributed by atoms with Gasteiger partial charge in [-0.1, -0.05) is 34.6 Å². The zero-order valence-electron chi connectivity index (χ0n) is 30.7. The number of carbonyl (C=O) groups excluding carboxylic acids is 1. The molecule has 10 heteroatoms. The molecule has 272 valence electrons. The van der Waals surface area contributed by atoms with Crippen LogP contribution < -0.4 is 4.74 Å². The fraction of sp³-hybridized carbons (Fsp3) is 0.872. The SMILES string of the molecule is C[C@@H]1C[C@H]([C@H](Oc2ncccn2)C(C)(C)O)O[C@H]2[C@H]1[C@@]1(C)CC[C@@]34C[C@@]35CC[C@H](OC(=O)N3CCOCC3)C(C)(C)[C@@H]5CC[C@H]4[C@]1(C)[C@H]2O. The van der Waals surface area contributed by atoms with Crippen molar-refractivity contribution in [3.8, 4) is 6.01 Å². The van der Waals surface area contributed by atoms with E-state index in [1.54, 1.807) is 32.3 Å². The van der Waals surface area contributed by atoms with Crippen LogP contribution in [0, 0.1) is 50.7 Å². The smallest absolute Gasteiger partial charge is 0.410 e. The number of hydrogen-bond acceptors (Lipinski definition) is 9. The quantitative estimate of drug-likeness (QED) is 0.406. The predicted molar refractivity (Wildman–Crippen MR) is 182 cm³/mol. The van der Waals surface area contributed by atoms with Crippen molar-refractivity contribution in [1.82, 2.24) is 14.9 Å². The Morgan fingerprint density at radius 1 is 1.02 bits per heavy atom. The second kappa shape index (κ2) is 11.2. The summed E-state index contributed by atoms with van der Waals surface area (Å²) in [4.78, 5) is 23.6. The lowest BCUT2D eigenvalue weighted by molar-refractivity contribution is -0.197. The number of aliphatic hydroxyl groups excluding tert-OH is 1. The van der Waals surface area contributed by atoms with E-state index in [2.05, 4.69) is 44.6 Å². The van der Waals surface area contributed by atoms with Gasteiger partial charge in [0.25, 0.3) is 0 Å². The first-order valence-electron chi connectivity index (χ1n) is 19.1. The number of amides is 1. The first-order valence-corrected chi connectivity index (χ1v) is 19.1. The number of nitrogens with zero attached hydrogens (tertiary/aromatic N) is 3. The van der Waals surface area contributed by atoms with Gasteiger partial charge in [-0.05, 0) is 111 Å². The van der Waals surface area contributed by atoms with Gasteiger partial charge in [-0.15, -0.1) is 0 Å². The van der Waals surface area contributed by atoms with Crippen molar-refractivity contribution >= 4 is 6.09 Å². The molecular formula is C39H59N3O7. The maximum absolute atomic E-state index is 13.2. The van der Waals surface area contributed by atoms with E-state index in [0.29, 0.717) is 38.1 Å². The minimum Gasteiger partial charge on any atom is -0.454 e. The summed E-state index contributed by atoms with van der Waals surface area (Å²) in [5.41, 5.74) is -1.23. The minimum atomic E-state index is -1.20. The van der Waals surface area contributed by atoms with Gasteiger partial charge in [0, 0.05) is 36.3 Å². The molecule has 5 aliphatic carbocycles. The number of carbonyl (C=O) groups is 1. The first kappa shape index (κ1) is 34.1. The van der Waals surface area contributed by atoms with Crippen molar-refractivity contribution in [1.29, 1.82) is 0 Å². The molecule has 7 aliphatic rings. The third kappa shape index (κ3) is 4.67. The summed E-state index contributed by atoms with van der Waals surface area (Å²) in [6.07, 6.45) is 9.39. The topological polar surface area (TPSA) is 123 Å². The molecule has 0 unspecified atom stereocenters. The van der Waals surface area contributed by atoms with Crippen molar-refractivity contribution in [2.24, 2.45) is 50.7 Å². The molecule has 8 rings (SSSR count). The van der Waals surface area contributed by atoms with Gasteiger partial charge < -0.3 is 34.1 Å². The highest BCUT2D eigenvalue weighted by Gasteiger charge is 2.85. The lowest BCUT2D eigenvalue weighted by Crippen LogP contribution is -2.60. The molecule has 2 N–H and O–H groups in total. The van der Waals surface area contributed by atoms with Crippen molar-refractivity contribution in [2.45, 2.75) is 136 Å². The molecule has 3 heterocycles. The molecule has 49 heavy (non-hydrogen) atoms. The van der Waals surface area contributed by atoms with Crippen molar-refractivity contribution in [3.63, 3.8) is 0 Å². The van der Waals surface area contributed by atoms with E-state index in [-0.39, 0.29) is 63.2 Å². The van der Waals surface area contributed by atoms with E-state index in [0.717, 1.165) is 38.5 Å². The largest absolute Gasteiger partial charge is 0.454 e. The lowest BCUT2D eigenvalue weighted by atomic mass is 9.41. The van der Waals surface area contributed by atoms with Gasteiger partial charge in [-0.2, -0.15) is 0 Å². The van der Waals surface area contributed by atoms with Gasteiger partial charge in [-0.25, -0.2) is 14.8 Å². The van der Waals surface area contributed by atoms with Crippen LogP contribution in [0.5, 0.6) is 6.01 Å².